The highest BCUT2D eigenvalue weighted by Gasteiger charge is 2.09. The van der Waals surface area contributed by atoms with Crippen LogP contribution in [0.1, 0.15) is 32.0 Å². The molecule has 2 rings (SSSR count). The zero-order valence-electron chi connectivity index (χ0n) is 12.8. The van der Waals surface area contributed by atoms with Gasteiger partial charge in [-0.2, -0.15) is 5.10 Å². The second kappa shape index (κ2) is 6.18. The number of hydrogen-bond acceptors (Lipinski definition) is 4. The smallest absolute Gasteiger partial charge is 0.238 e. The number of rotatable bonds is 4. The van der Waals surface area contributed by atoms with Crippen LogP contribution in [0.25, 0.3) is 0 Å². The van der Waals surface area contributed by atoms with Crippen molar-refractivity contribution in [2.24, 2.45) is 0 Å². The van der Waals surface area contributed by atoms with Gasteiger partial charge in [-0.25, -0.2) is 4.39 Å². The molecule has 1 heterocycles. The van der Waals surface area contributed by atoms with Gasteiger partial charge in [0.25, 0.3) is 0 Å². The molecule has 0 unspecified atom stereocenters. The zero-order valence-corrected chi connectivity index (χ0v) is 12.8. The van der Waals surface area contributed by atoms with Crippen LogP contribution in [0.4, 0.5) is 4.39 Å². The van der Waals surface area contributed by atoms with Crippen molar-refractivity contribution in [2.45, 2.75) is 39.8 Å². The average molecular weight is 289 g/mol. The second-order valence-electron chi connectivity index (χ2n) is 5.98. The molecule has 0 fully saturated rings. The Hall–Kier alpha value is -2.01. The predicted octanol–water partition coefficient (Wildman–Crippen LogP) is 3.60. The van der Waals surface area contributed by atoms with Gasteiger partial charge in [-0.1, -0.05) is 6.07 Å². The van der Waals surface area contributed by atoms with Gasteiger partial charge in [0.15, 0.2) is 0 Å². The van der Waals surface area contributed by atoms with E-state index in [1.807, 2.05) is 6.07 Å². The van der Waals surface area contributed by atoms with Crippen molar-refractivity contribution < 1.29 is 9.13 Å². The first-order valence-corrected chi connectivity index (χ1v) is 6.85. The largest absolute Gasteiger partial charge is 0.437 e. The van der Waals surface area contributed by atoms with Gasteiger partial charge in [0.05, 0.1) is 5.69 Å². The predicted molar refractivity (Wildman–Crippen MR) is 79.8 cm³/mol. The van der Waals surface area contributed by atoms with Crippen LogP contribution in [0.15, 0.2) is 30.3 Å². The molecule has 21 heavy (non-hydrogen) atoms. The van der Waals surface area contributed by atoms with Crippen molar-refractivity contribution in [1.29, 1.82) is 0 Å². The molecule has 1 aromatic carbocycles. The maximum atomic E-state index is 13.4. The highest BCUT2D eigenvalue weighted by atomic mass is 19.1. The fraction of sp³-hybridized carbons (Fsp3) is 0.375. The number of ether oxygens (including phenoxy) is 1. The maximum absolute atomic E-state index is 13.4. The first-order valence-electron chi connectivity index (χ1n) is 6.85. The molecule has 0 amide bonds. The summed E-state index contributed by atoms with van der Waals surface area (Å²) < 4.78 is 18.9. The number of aryl methyl sites for hydroxylation is 1. The van der Waals surface area contributed by atoms with E-state index in [4.69, 9.17) is 4.74 Å². The molecule has 0 aliphatic rings. The van der Waals surface area contributed by atoms with Gasteiger partial charge in [0, 0.05) is 24.2 Å². The summed E-state index contributed by atoms with van der Waals surface area (Å²) in [6.45, 7) is 8.60. The lowest BCUT2D eigenvalue weighted by Crippen LogP contribution is -2.35. The standard InChI is InChI=1S/C16H20FN3O/c1-11-5-7-13(9-14(11)17)21-15-8-6-12(19-20-15)10-18-16(2,3)4/h5-9,18H,10H2,1-4H3. The average Bonchev–Trinajstić information content (AvgIpc) is 2.41. The Kier molecular flexibility index (Phi) is 4.53. The van der Waals surface area contributed by atoms with Crippen LogP contribution >= 0.6 is 0 Å². The Morgan fingerprint density at radius 3 is 2.48 bits per heavy atom. The minimum absolute atomic E-state index is 0.0241. The lowest BCUT2D eigenvalue weighted by molar-refractivity contribution is 0.416. The van der Waals surface area contributed by atoms with Gasteiger partial charge in [-0.05, 0) is 45.4 Å². The number of nitrogens with zero attached hydrogens (tertiary/aromatic N) is 2. The molecule has 0 aliphatic carbocycles. The van der Waals surface area contributed by atoms with Crippen molar-refractivity contribution in [3.05, 3.63) is 47.4 Å². The molecule has 1 N–H and O–H groups in total. The van der Waals surface area contributed by atoms with Crippen molar-refractivity contribution in [3.8, 4) is 11.6 Å². The van der Waals surface area contributed by atoms with Crippen molar-refractivity contribution in [2.75, 3.05) is 0 Å². The molecule has 0 aliphatic heterocycles. The summed E-state index contributed by atoms with van der Waals surface area (Å²) in [4.78, 5) is 0. The zero-order chi connectivity index (χ0) is 15.5. The Balaban J connectivity index is 2.00. The van der Waals surface area contributed by atoms with Crippen LogP contribution in [0.3, 0.4) is 0 Å². The fourth-order valence-electron chi connectivity index (χ4n) is 1.61. The number of halogens is 1. The Morgan fingerprint density at radius 2 is 1.90 bits per heavy atom. The van der Waals surface area contributed by atoms with Gasteiger partial charge < -0.3 is 10.1 Å². The van der Waals surface area contributed by atoms with E-state index in [-0.39, 0.29) is 11.4 Å². The van der Waals surface area contributed by atoms with E-state index in [9.17, 15) is 4.39 Å². The van der Waals surface area contributed by atoms with Crippen LogP contribution in [0.5, 0.6) is 11.6 Å². The molecular weight excluding hydrogens is 269 g/mol. The monoisotopic (exact) mass is 289 g/mol. The van der Waals surface area contributed by atoms with E-state index >= 15 is 0 Å². The molecule has 5 heteroatoms. The van der Waals surface area contributed by atoms with E-state index in [0.29, 0.717) is 23.7 Å². The number of benzene rings is 1. The SMILES string of the molecule is Cc1ccc(Oc2ccc(CNC(C)(C)C)nn2)cc1F. The third kappa shape index (κ3) is 4.79. The molecule has 0 atom stereocenters. The van der Waals surface area contributed by atoms with Crippen LogP contribution in [0.2, 0.25) is 0 Å². The van der Waals surface area contributed by atoms with Gasteiger partial charge in [-0.3, -0.25) is 0 Å². The topological polar surface area (TPSA) is 47.0 Å². The Bertz CT molecular complexity index is 606. The van der Waals surface area contributed by atoms with E-state index in [1.54, 1.807) is 25.1 Å². The molecule has 1 aromatic heterocycles. The first-order chi connectivity index (χ1) is 9.83. The van der Waals surface area contributed by atoms with Crippen LogP contribution in [-0.2, 0) is 6.54 Å². The van der Waals surface area contributed by atoms with Crippen LogP contribution in [-0.4, -0.2) is 15.7 Å². The summed E-state index contributed by atoms with van der Waals surface area (Å²) in [5.74, 6) is 0.456. The summed E-state index contributed by atoms with van der Waals surface area (Å²) >= 11 is 0. The lowest BCUT2D eigenvalue weighted by Gasteiger charge is -2.19. The van der Waals surface area contributed by atoms with Crippen LogP contribution in [0, 0.1) is 12.7 Å². The normalized spacial score (nSPS) is 11.5. The van der Waals surface area contributed by atoms with Gasteiger partial charge in [0.2, 0.25) is 5.88 Å². The molecule has 2 aromatic rings. The summed E-state index contributed by atoms with van der Waals surface area (Å²) in [6, 6.07) is 8.27. The molecule has 4 nitrogen and oxygen atoms in total. The van der Waals surface area contributed by atoms with Crippen molar-refractivity contribution in [1.82, 2.24) is 15.5 Å². The highest BCUT2D eigenvalue weighted by molar-refractivity contribution is 5.31. The van der Waals surface area contributed by atoms with E-state index < -0.39 is 0 Å². The van der Waals surface area contributed by atoms with Crippen LogP contribution < -0.4 is 10.1 Å². The first kappa shape index (κ1) is 15.4. The quantitative estimate of drug-likeness (QED) is 0.934. The van der Waals surface area contributed by atoms with E-state index in [0.717, 1.165) is 5.69 Å². The van der Waals surface area contributed by atoms with Crippen molar-refractivity contribution >= 4 is 0 Å². The summed E-state index contributed by atoms with van der Waals surface area (Å²) in [6.07, 6.45) is 0. The molecule has 0 bridgehead atoms. The molecular formula is C16H20FN3O. The molecule has 0 saturated heterocycles. The van der Waals surface area contributed by atoms with Gasteiger partial charge in [-0.15, -0.1) is 5.10 Å². The number of hydrogen-bond donors (Lipinski definition) is 1. The van der Waals surface area contributed by atoms with Crippen molar-refractivity contribution in [3.63, 3.8) is 0 Å². The highest BCUT2D eigenvalue weighted by Crippen LogP contribution is 2.21. The lowest BCUT2D eigenvalue weighted by atomic mass is 10.1. The minimum atomic E-state index is -0.300. The summed E-state index contributed by atoms with van der Waals surface area (Å²) in [5, 5.41) is 11.4. The molecule has 0 saturated carbocycles. The van der Waals surface area contributed by atoms with E-state index in [2.05, 4.69) is 36.3 Å². The fourth-order valence-corrected chi connectivity index (χ4v) is 1.61. The van der Waals surface area contributed by atoms with Gasteiger partial charge >= 0.3 is 0 Å². The third-order valence-corrected chi connectivity index (χ3v) is 2.86. The molecule has 0 radical (unpaired) electrons. The summed E-state index contributed by atoms with van der Waals surface area (Å²) in [7, 11) is 0. The molecule has 0 spiro atoms. The Labute approximate surface area is 124 Å². The molecule has 112 valence electrons. The van der Waals surface area contributed by atoms with Gasteiger partial charge in [0.1, 0.15) is 11.6 Å². The Morgan fingerprint density at radius 1 is 1.14 bits per heavy atom. The summed E-state index contributed by atoms with van der Waals surface area (Å²) in [5.41, 5.74) is 1.43. The number of nitrogens with one attached hydrogen (secondary N) is 1. The van der Waals surface area contributed by atoms with E-state index in [1.165, 1.54) is 6.07 Å². The minimum Gasteiger partial charge on any atom is -0.437 e. The third-order valence-electron chi connectivity index (χ3n) is 2.86. The number of aromatic nitrogens is 2. The maximum Gasteiger partial charge on any atom is 0.238 e. The second-order valence-corrected chi connectivity index (χ2v) is 5.98.